The largest absolute Gasteiger partial charge is 0.351 e. The first kappa shape index (κ1) is 16.7. The van der Waals surface area contributed by atoms with E-state index >= 15 is 0 Å². The fourth-order valence-electron chi connectivity index (χ4n) is 3.43. The lowest BCUT2D eigenvalue weighted by atomic mass is 9.81. The van der Waals surface area contributed by atoms with E-state index in [1.54, 1.807) is 6.20 Å². The van der Waals surface area contributed by atoms with E-state index in [0.29, 0.717) is 0 Å². The molecule has 0 aliphatic carbocycles. The number of aryl methyl sites for hydroxylation is 1. The molecule has 0 spiro atoms. The zero-order valence-electron chi connectivity index (χ0n) is 14.7. The molecule has 3 rings (SSSR count). The van der Waals surface area contributed by atoms with Gasteiger partial charge in [0.15, 0.2) is 0 Å². The molecule has 24 heavy (non-hydrogen) atoms. The van der Waals surface area contributed by atoms with Gasteiger partial charge in [0, 0.05) is 24.1 Å². The number of aromatic nitrogens is 2. The van der Waals surface area contributed by atoms with Crippen molar-refractivity contribution in [3.63, 3.8) is 0 Å². The summed E-state index contributed by atoms with van der Waals surface area (Å²) in [5, 5.41) is 6.52. The molecule has 0 unspecified atom stereocenters. The predicted molar refractivity (Wildman–Crippen MR) is 95.6 cm³/mol. The second-order valence-corrected chi connectivity index (χ2v) is 7.05. The number of nitrogens with one attached hydrogen (secondary N) is 2. The van der Waals surface area contributed by atoms with Crippen molar-refractivity contribution in [2.45, 2.75) is 33.6 Å². The van der Waals surface area contributed by atoms with E-state index < -0.39 is 0 Å². The van der Waals surface area contributed by atoms with Crippen LogP contribution in [-0.2, 0) is 0 Å². The van der Waals surface area contributed by atoms with Crippen LogP contribution in [0.4, 0.5) is 0 Å². The van der Waals surface area contributed by atoms with Crippen LogP contribution in [0.15, 0.2) is 30.5 Å². The van der Waals surface area contributed by atoms with Crippen molar-refractivity contribution >= 4 is 5.91 Å². The van der Waals surface area contributed by atoms with Gasteiger partial charge < -0.3 is 15.2 Å². The van der Waals surface area contributed by atoms with Gasteiger partial charge in [0.05, 0.1) is 5.56 Å². The van der Waals surface area contributed by atoms with Crippen LogP contribution in [0.2, 0.25) is 0 Å². The number of piperidine rings is 1. The Morgan fingerprint density at radius 3 is 2.75 bits per heavy atom. The van der Waals surface area contributed by atoms with E-state index in [1.165, 1.54) is 0 Å². The van der Waals surface area contributed by atoms with Gasteiger partial charge in [0.2, 0.25) is 0 Å². The van der Waals surface area contributed by atoms with Crippen LogP contribution < -0.4 is 10.6 Å². The number of hydrogen-bond donors (Lipinski definition) is 2. The Labute approximate surface area is 143 Å². The Hall–Kier alpha value is -2.14. The summed E-state index contributed by atoms with van der Waals surface area (Å²) in [5.74, 6) is 0.849. The molecule has 0 aromatic carbocycles. The van der Waals surface area contributed by atoms with Gasteiger partial charge in [-0.05, 0) is 63.4 Å². The summed E-state index contributed by atoms with van der Waals surface area (Å²) in [6, 6.07) is 7.76. The van der Waals surface area contributed by atoms with Crippen molar-refractivity contribution in [1.29, 1.82) is 0 Å². The highest BCUT2D eigenvalue weighted by Gasteiger charge is 2.27. The minimum Gasteiger partial charge on any atom is -0.351 e. The average molecular weight is 326 g/mol. The molecule has 3 heterocycles. The van der Waals surface area contributed by atoms with E-state index in [9.17, 15) is 4.79 Å². The van der Waals surface area contributed by atoms with Crippen molar-refractivity contribution in [3.8, 4) is 5.82 Å². The minimum absolute atomic E-state index is 0.00467. The first-order chi connectivity index (χ1) is 11.5. The summed E-state index contributed by atoms with van der Waals surface area (Å²) < 4.78 is 2.03. The van der Waals surface area contributed by atoms with E-state index in [1.807, 2.05) is 42.7 Å². The van der Waals surface area contributed by atoms with Gasteiger partial charge in [-0.1, -0.05) is 13.0 Å². The second-order valence-electron chi connectivity index (χ2n) is 7.05. The maximum Gasteiger partial charge on any atom is 0.253 e. The van der Waals surface area contributed by atoms with Crippen LogP contribution in [0, 0.1) is 19.3 Å². The Bertz CT molecular complexity index is 714. The molecule has 1 fully saturated rings. The molecule has 2 aromatic heterocycles. The molecule has 1 aliphatic heterocycles. The lowest BCUT2D eigenvalue weighted by molar-refractivity contribution is 0.0921. The summed E-state index contributed by atoms with van der Waals surface area (Å²) in [6.07, 6.45) is 3.96. The monoisotopic (exact) mass is 326 g/mol. The molecule has 1 amide bonds. The molecule has 2 N–H and O–H groups in total. The molecule has 5 nitrogen and oxygen atoms in total. The normalized spacial score (nSPS) is 16.8. The van der Waals surface area contributed by atoms with Crippen LogP contribution >= 0.6 is 0 Å². The molecular formula is C19H26N4O. The third-order valence-corrected chi connectivity index (χ3v) is 5.04. The number of rotatable bonds is 4. The Morgan fingerprint density at radius 1 is 1.33 bits per heavy atom. The lowest BCUT2D eigenvalue weighted by Gasteiger charge is -2.34. The molecular weight excluding hydrogens is 300 g/mol. The molecule has 1 saturated heterocycles. The van der Waals surface area contributed by atoms with Crippen LogP contribution in [0.5, 0.6) is 0 Å². The molecule has 0 radical (unpaired) electrons. The third-order valence-electron chi connectivity index (χ3n) is 5.04. The van der Waals surface area contributed by atoms with Gasteiger partial charge in [-0.2, -0.15) is 0 Å². The standard InChI is InChI=1S/C19H26N4O/c1-14-12-16(15(2)23(14)17-6-4-5-9-21-17)18(24)22-13-19(3)7-10-20-11-8-19/h4-6,9,12,20H,7-8,10-11,13H2,1-3H3,(H,22,24). The summed E-state index contributed by atoms with van der Waals surface area (Å²) >= 11 is 0. The Morgan fingerprint density at radius 2 is 2.08 bits per heavy atom. The van der Waals surface area contributed by atoms with Crippen molar-refractivity contribution in [2.24, 2.45) is 5.41 Å². The topological polar surface area (TPSA) is 59.0 Å². The summed E-state index contributed by atoms with van der Waals surface area (Å²) in [7, 11) is 0. The van der Waals surface area contributed by atoms with E-state index in [0.717, 1.165) is 55.2 Å². The zero-order chi connectivity index (χ0) is 17.2. The fraction of sp³-hybridized carbons (Fsp3) is 0.474. The van der Waals surface area contributed by atoms with Gasteiger partial charge in [0.1, 0.15) is 5.82 Å². The smallest absolute Gasteiger partial charge is 0.253 e. The van der Waals surface area contributed by atoms with Crippen molar-refractivity contribution in [2.75, 3.05) is 19.6 Å². The van der Waals surface area contributed by atoms with Gasteiger partial charge in [0.25, 0.3) is 5.91 Å². The quantitative estimate of drug-likeness (QED) is 0.908. The van der Waals surface area contributed by atoms with Gasteiger partial charge >= 0.3 is 0 Å². The number of pyridine rings is 1. The van der Waals surface area contributed by atoms with E-state index in [2.05, 4.69) is 22.5 Å². The van der Waals surface area contributed by atoms with Crippen LogP contribution in [-0.4, -0.2) is 35.1 Å². The van der Waals surface area contributed by atoms with Crippen molar-refractivity contribution in [1.82, 2.24) is 20.2 Å². The molecule has 5 heteroatoms. The fourth-order valence-corrected chi connectivity index (χ4v) is 3.43. The number of carbonyl (C=O) groups is 1. The second kappa shape index (κ2) is 6.77. The first-order valence-electron chi connectivity index (χ1n) is 8.59. The minimum atomic E-state index is 0.00467. The van der Waals surface area contributed by atoms with Crippen LogP contribution in [0.3, 0.4) is 0 Å². The lowest BCUT2D eigenvalue weighted by Crippen LogP contribution is -2.43. The first-order valence-corrected chi connectivity index (χ1v) is 8.59. The molecule has 2 aromatic rings. The number of amides is 1. The SMILES string of the molecule is Cc1cc(C(=O)NCC2(C)CCNCC2)c(C)n1-c1ccccn1. The number of carbonyl (C=O) groups excluding carboxylic acids is 1. The Kier molecular flexibility index (Phi) is 4.71. The summed E-state index contributed by atoms with van der Waals surface area (Å²) in [5.41, 5.74) is 2.87. The maximum atomic E-state index is 12.7. The third kappa shape index (κ3) is 3.36. The molecule has 1 aliphatic rings. The predicted octanol–water partition coefficient (Wildman–Crippen LogP) is 2.61. The van der Waals surface area contributed by atoms with Gasteiger partial charge in [-0.3, -0.25) is 4.79 Å². The number of hydrogen-bond acceptors (Lipinski definition) is 3. The molecule has 0 bridgehead atoms. The molecule has 128 valence electrons. The van der Waals surface area contributed by atoms with E-state index in [-0.39, 0.29) is 11.3 Å². The van der Waals surface area contributed by atoms with Gasteiger partial charge in [-0.25, -0.2) is 4.98 Å². The maximum absolute atomic E-state index is 12.7. The highest BCUT2D eigenvalue weighted by Crippen LogP contribution is 2.27. The van der Waals surface area contributed by atoms with Crippen LogP contribution in [0.1, 0.15) is 41.5 Å². The highest BCUT2D eigenvalue weighted by atomic mass is 16.1. The molecule has 0 atom stereocenters. The van der Waals surface area contributed by atoms with Crippen molar-refractivity contribution < 1.29 is 4.79 Å². The van der Waals surface area contributed by atoms with Crippen molar-refractivity contribution in [3.05, 3.63) is 47.4 Å². The summed E-state index contributed by atoms with van der Waals surface area (Å²) in [4.78, 5) is 17.1. The van der Waals surface area contributed by atoms with E-state index in [4.69, 9.17) is 0 Å². The average Bonchev–Trinajstić information content (AvgIpc) is 2.89. The summed E-state index contributed by atoms with van der Waals surface area (Å²) in [6.45, 7) is 9.02. The highest BCUT2D eigenvalue weighted by molar-refractivity contribution is 5.95. The van der Waals surface area contributed by atoms with Gasteiger partial charge in [-0.15, -0.1) is 0 Å². The Balaban J connectivity index is 1.76. The van der Waals surface area contributed by atoms with Crippen LogP contribution in [0.25, 0.3) is 5.82 Å². The zero-order valence-corrected chi connectivity index (χ0v) is 14.7. The number of nitrogens with zero attached hydrogens (tertiary/aromatic N) is 2. The molecule has 0 saturated carbocycles.